The molecule has 0 saturated heterocycles. The van der Waals surface area contributed by atoms with E-state index in [2.05, 4.69) is 12.1 Å². The van der Waals surface area contributed by atoms with Crippen LogP contribution in [0.3, 0.4) is 0 Å². The summed E-state index contributed by atoms with van der Waals surface area (Å²) in [5.74, 6) is -0.00694. The molecule has 0 bridgehead atoms. The van der Waals surface area contributed by atoms with Gasteiger partial charge in [0.15, 0.2) is 11.5 Å². The molecule has 7 nitrogen and oxygen atoms in total. The summed E-state index contributed by atoms with van der Waals surface area (Å²) < 4.78 is 16.9. The number of nitrogens with zero attached hydrogens (tertiary/aromatic N) is 1. The lowest BCUT2D eigenvalue weighted by atomic mass is 9.98. The van der Waals surface area contributed by atoms with E-state index in [0.717, 1.165) is 27.1 Å². The maximum atomic E-state index is 12.9. The highest BCUT2D eigenvalue weighted by molar-refractivity contribution is 7.10. The third kappa shape index (κ3) is 3.78. The molecule has 0 fully saturated rings. The van der Waals surface area contributed by atoms with Gasteiger partial charge in [-0.1, -0.05) is 48.5 Å². The van der Waals surface area contributed by atoms with Crippen LogP contribution in [0.2, 0.25) is 0 Å². The van der Waals surface area contributed by atoms with Crippen LogP contribution in [0, 0.1) is 0 Å². The number of fused-ring (bicyclic) bond motifs is 4. The molecule has 3 aromatic rings. The third-order valence-electron chi connectivity index (χ3n) is 5.63. The molecule has 1 N–H and O–H groups in total. The lowest BCUT2D eigenvalue weighted by Crippen LogP contribution is -2.36. The Kier molecular flexibility index (Phi) is 5.45. The lowest BCUT2D eigenvalue weighted by Gasteiger charge is -2.23. The van der Waals surface area contributed by atoms with Crippen molar-refractivity contribution < 1.29 is 28.9 Å². The van der Waals surface area contributed by atoms with E-state index < -0.39 is 18.6 Å². The lowest BCUT2D eigenvalue weighted by molar-refractivity contribution is -0.138. The SMILES string of the molecule is O=C(O)CN(Cc1scc2c1OCCO2)C(=O)OCC1c2ccccc2-c2ccccc21. The summed E-state index contributed by atoms with van der Waals surface area (Å²) in [6.45, 7) is 0.622. The molecule has 2 heterocycles. The topological polar surface area (TPSA) is 85.3 Å². The number of hydrogen-bond donors (Lipinski definition) is 1. The monoisotopic (exact) mass is 451 g/mol. The molecule has 32 heavy (non-hydrogen) atoms. The number of carbonyl (C=O) groups excluding carboxylic acids is 1. The number of aliphatic carboxylic acids is 1. The smallest absolute Gasteiger partial charge is 0.410 e. The second kappa shape index (κ2) is 8.55. The summed E-state index contributed by atoms with van der Waals surface area (Å²) in [7, 11) is 0. The van der Waals surface area contributed by atoms with Crippen LogP contribution in [0.4, 0.5) is 4.79 Å². The van der Waals surface area contributed by atoms with E-state index in [-0.39, 0.29) is 19.1 Å². The molecule has 0 atom stereocenters. The number of carboxylic acids is 1. The zero-order valence-corrected chi connectivity index (χ0v) is 18.0. The first-order valence-corrected chi connectivity index (χ1v) is 11.2. The summed E-state index contributed by atoms with van der Waals surface area (Å²) >= 11 is 1.37. The van der Waals surface area contributed by atoms with Crippen molar-refractivity contribution in [2.45, 2.75) is 12.5 Å². The minimum atomic E-state index is -1.11. The number of amides is 1. The highest BCUT2D eigenvalue weighted by Crippen LogP contribution is 2.44. The van der Waals surface area contributed by atoms with Crippen molar-refractivity contribution in [3.05, 3.63) is 69.9 Å². The Morgan fingerprint density at radius 1 is 1.03 bits per heavy atom. The molecule has 0 unspecified atom stereocenters. The van der Waals surface area contributed by atoms with E-state index in [9.17, 15) is 14.7 Å². The minimum Gasteiger partial charge on any atom is -0.485 e. The first-order chi connectivity index (χ1) is 15.6. The Morgan fingerprint density at radius 3 is 2.38 bits per heavy atom. The van der Waals surface area contributed by atoms with Crippen LogP contribution in [0.1, 0.15) is 21.9 Å². The van der Waals surface area contributed by atoms with Crippen molar-refractivity contribution in [2.75, 3.05) is 26.4 Å². The fourth-order valence-electron chi connectivity index (χ4n) is 4.23. The molecular weight excluding hydrogens is 430 g/mol. The fourth-order valence-corrected chi connectivity index (χ4v) is 5.15. The standard InChI is InChI=1S/C24H21NO6S/c26-22(27)12-25(11-21-23-20(14-32-21)29-9-10-30-23)24(28)31-13-19-17-7-3-1-5-15(17)16-6-2-4-8-18(16)19/h1-8,14,19H,9-13H2,(H,26,27). The van der Waals surface area contributed by atoms with E-state index in [0.29, 0.717) is 24.7 Å². The molecule has 164 valence electrons. The first kappa shape index (κ1) is 20.4. The maximum Gasteiger partial charge on any atom is 0.410 e. The van der Waals surface area contributed by atoms with Gasteiger partial charge in [0.05, 0.1) is 11.4 Å². The summed E-state index contributed by atoms with van der Waals surface area (Å²) in [6, 6.07) is 16.1. The molecule has 1 aliphatic heterocycles. The van der Waals surface area contributed by atoms with Gasteiger partial charge < -0.3 is 19.3 Å². The number of carboxylic acid groups (broad SMARTS) is 1. The Hall–Kier alpha value is -3.52. The van der Waals surface area contributed by atoms with E-state index in [1.54, 1.807) is 5.38 Å². The number of ether oxygens (including phenoxy) is 3. The number of thiophene rings is 1. The highest BCUT2D eigenvalue weighted by Gasteiger charge is 2.30. The minimum absolute atomic E-state index is 0.0757. The average Bonchev–Trinajstić information content (AvgIpc) is 3.36. The molecule has 0 radical (unpaired) electrons. The Bertz CT molecular complexity index is 1130. The second-order valence-electron chi connectivity index (χ2n) is 7.60. The van der Waals surface area contributed by atoms with Gasteiger partial charge >= 0.3 is 12.1 Å². The first-order valence-electron chi connectivity index (χ1n) is 10.3. The summed E-state index contributed by atoms with van der Waals surface area (Å²) in [4.78, 5) is 26.3. The molecule has 1 aromatic heterocycles. The van der Waals surface area contributed by atoms with E-state index >= 15 is 0 Å². The molecule has 1 aliphatic carbocycles. The van der Waals surface area contributed by atoms with Crippen LogP contribution in [0.25, 0.3) is 11.1 Å². The zero-order chi connectivity index (χ0) is 22.1. The maximum absolute atomic E-state index is 12.9. The predicted octanol–water partition coefficient (Wildman–Crippen LogP) is 4.36. The van der Waals surface area contributed by atoms with Gasteiger partial charge in [0.2, 0.25) is 0 Å². The largest absolute Gasteiger partial charge is 0.485 e. The third-order valence-corrected chi connectivity index (χ3v) is 6.56. The summed E-state index contributed by atoms with van der Waals surface area (Å²) in [6.07, 6.45) is -0.673. The van der Waals surface area contributed by atoms with Gasteiger partial charge in [-0.2, -0.15) is 0 Å². The molecule has 2 aromatic carbocycles. The number of hydrogen-bond acceptors (Lipinski definition) is 6. The average molecular weight is 452 g/mol. The van der Waals surface area contributed by atoms with Crippen molar-refractivity contribution in [3.8, 4) is 22.6 Å². The number of benzene rings is 2. The van der Waals surface area contributed by atoms with Crippen LogP contribution in [-0.4, -0.2) is 48.4 Å². The van der Waals surface area contributed by atoms with Crippen LogP contribution in [0.15, 0.2) is 53.9 Å². The summed E-state index contributed by atoms with van der Waals surface area (Å²) in [5, 5.41) is 11.1. The van der Waals surface area contributed by atoms with Gasteiger partial charge in [-0.3, -0.25) is 9.69 Å². The molecule has 2 aliphatic rings. The molecule has 8 heteroatoms. The van der Waals surface area contributed by atoms with Gasteiger partial charge in [0, 0.05) is 11.3 Å². The molecular formula is C24H21NO6S. The van der Waals surface area contributed by atoms with E-state index in [4.69, 9.17) is 14.2 Å². The number of carbonyl (C=O) groups is 2. The Morgan fingerprint density at radius 2 is 1.69 bits per heavy atom. The predicted molar refractivity (Wildman–Crippen MR) is 118 cm³/mol. The molecule has 0 saturated carbocycles. The second-order valence-corrected chi connectivity index (χ2v) is 8.57. The van der Waals surface area contributed by atoms with Gasteiger partial charge in [-0.15, -0.1) is 11.3 Å². The number of rotatable bonds is 6. The van der Waals surface area contributed by atoms with E-state index in [1.807, 2.05) is 36.4 Å². The normalized spacial score (nSPS) is 13.9. The summed E-state index contributed by atoms with van der Waals surface area (Å²) in [5.41, 5.74) is 4.47. The Balaban J connectivity index is 1.33. The van der Waals surface area contributed by atoms with Crippen LogP contribution in [0.5, 0.6) is 11.5 Å². The van der Waals surface area contributed by atoms with Crippen molar-refractivity contribution >= 4 is 23.4 Å². The van der Waals surface area contributed by atoms with Gasteiger partial charge in [-0.25, -0.2) is 4.79 Å². The van der Waals surface area contributed by atoms with Crippen molar-refractivity contribution in [1.29, 1.82) is 0 Å². The van der Waals surface area contributed by atoms with Crippen LogP contribution in [-0.2, 0) is 16.1 Å². The van der Waals surface area contributed by atoms with Gasteiger partial charge in [0.1, 0.15) is 26.4 Å². The van der Waals surface area contributed by atoms with Crippen molar-refractivity contribution in [3.63, 3.8) is 0 Å². The van der Waals surface area contributed by atoms with Gasteiger partial charge in [-0.05, 0) is 22.3 Å². The molecule has 5 rings (SSSR count). The van der Waals surface area contributed by atoms with Crippen molar-refractivity contribution in [2.24, 2.45) is 0 Å². The van der Waals surface area contributed by atoms with Crippen molar-refractivity contribution in [1.82, 2.24) is 4.90 Å². The molecule has 1 amide bonds. The Labute approximate surface area is 188 Å². The zero-order valence-electron chi connectivity index (χ0n) is 17.2. The quantitative estimate of drug-likeness (QED) is 0.600. The highest BCUT2D eigenvalue weighted by atomic mass is 32.1. The van der Waals surface area contributed by atoms with Crippen LogP contribution < -0.4 is 9.47 Å². The van der Waals surface area contributed by atoms with E-state index in [1.165, 1.54) is 16.2 Å². The van der Waals surface area contributed by atoms with Gasteiger partial charge in [0.25, 0.3) is 0 Å². The van der Waals surface area contributed by atoms with Crippen LogP contribution >= 0.6 is 11.3 Å². The molecule has 0 spiro atoms. The fraction of sp³-hybridized carbons (Fsp3) is 0.250.